The second-order valence-electron chi connectivity index (χ2n) is 5.85. The minimum absolute atomic E-state index is 0.611. The van der Waals surface area contributed by atoms with Crippen molar-refractivity contribution < 1.29 is 4.42 Å². The average molecular weight is 306 g/mol. The molecule has 3 aromatic rings. The molecular weight excluding hydrogens is 288 g/mol. The summed E-state index contributed by atoms with van der Waals surface area (Å²) < 4.78 is 5.96. The number of oxazole rings is 1. The molecule has 23 heavy (non-hydrogen) atoms. The van der Waals surface area contributed by atoms with Gasteiger partial charge in [0.15, 0.2) is 0 Å². The first-order valence-corrected chi connectivity index (χ1v) is 7.86. The minimum Gasteiger partial charge on any atom is -0.440 e. The van der Waals surface area contributed by atoms with Gasteiger partial charge >= 0.3 is 0 Å². The first-order chi connectivity index (χ1) is 11.3. The average Bonchev–Trinajstić information content (AvgIpc) is 2.87. The van der Waals surface area contributed by atoms with E-state index < -0.39 is 0 Å². The van der Waals surface area contributed by atoms with Gasteiger partial charge in [-0.05, 0) is 37.1 Å². The summed E-state index contributed by atoms with van der Waals surface area (Å²) in [7, 11) is 0. The Bertz CT molecular complexity index is 813. The summed E-state index contributed by atoms with van der Waals surface area (Å²) in [6, 6.07) is 7.93. The molecule has 0 aromatic carbocycles. The predicted molar refractivity (Wildman–Crippen MR) is 88.1 cm³/mol. The number of anilines is 1. The summed E-state index contributed by atoms with van der Waals surface area (Å²) in [6.07, 6.45) is 7.50. The van der Waals surface area contributed by atoms with Crippen molar-refractivity contribution in [2.24, 2.45) is 0 Å². The van der Waals surface area contributed by atoms with Crippen molar-refractivity contribution in [3.63, 3.8) is 0 Å². The van der Waals surface area contributed by atoms with Crippen molar-refractivity contribution in [1.82, 2.24) is 15.0 Å². The molecule has 0 atom stereocenters. The van der Waals surface area contributed by atoms with Gasteiger partial charge in [-0.3, -0.25) is 9.97 Å². The quantitative estimate of drug-likeness (QED) is 0.726. The van der Waals surface area contributed by atoms with Gasteiger partial charge in [-0.15, -0.1) is 0 Å². The molecule has 0 saturated heterocycles. The SMILES string of the molecule is Cc1cncc(N2CCCc3oc(-c4ccccn4)nc3C2)c1. The first-order valence-electron chi connectivity index (χ1n) is 7.86. The number of hydrogen-bond donors (Lipinski definition) is 0. The van der Waals surface area contributed by atoms with E-state index in [-0.39, 0.29) is 0 Å². The van der Waals surface area contributed by atoms with Gasteiger partial charge in [0, 0.05) is 25.4 Å². The van der Waals surface area contributed by atoms with Crippen LogP contribution in [0.4, 0.5) is 5.69 Å². The summed E-state index contributed by atoms with van der Waals surface area (Å²) in [5.74, 6) is 1.59. The Morgan fingerprint density at radius 2 is 2.17 bits per heavy atom. The second-order valence-corrected chi connectivity index (χ2v) is 5.85. The standard InChI is InChI=1S/C18H18N4O/c1-13-9-14(11-19-10-13)22-8-4-6-17-16(12-22)21-18(23-17)15-5-2-3-7-20-15/h2-3,5,7,9-11H,4,6,8,12H2,1H3. The molecule has 0 aliphatic carbocycles. The van der Waals surface area contributed by atoms with Crippen LogP contribution >= 0.6 is 0 Å². The van der Waals surface area contributed by atoms with Crippen molar-refractivity contribution in [1.29, 1.82) is 0 Å². The van der Waals surface area contributed by atoms with Crippen LogP contribution < -0.4 is 4.90 Å². The van der Waals surface area contributed by atoms with Crippen LogP contribution in [-0.4, -0.2) is 21.5 Å². The molecule has 0 amide bonds. The maximum atomic E-state index is 5.96. The monoisotopic (exact) mass is 306 g/mol. The minimum atomic E-state index is 0.611. The maximum absolute atomic E-state index is 5.96. The van der Waals surface area contributed by atoms with Crippen LogP contribution in [-0.2, 0) is 13.0 Å². The third-order valence-electron chi connectivity index (χ3n) is 4.06. The molecule has 3 aromatic heterocycles. The molecule has 5 nitrogen and oxygen atoms in total. The van der Waals surface area contributed by atoms with E-state index in [2.05, 4.69) is 32.8 Å². The Morgan fingerprint density at radius 3 is 3.00 bits per heavy atom. The smallest absolute Gasteiger partial charge is 0.245 e. The highest BCUT2D eigenvalue weighted by atomic mass is 16.4. The molecule has 5 heteroatoms. The lowest BCUT2D eigenvalue weighted by molar-refractivity contribution is 0.511. The predicted octanol–water partition coefficient (Wildman–Crippen LogP) is 3.39. The molecule has 4 heterocycles. The largest absolute Gasteiger partial charge is 0.440 e. The first kappa shape index (κ1) is 13.9. The highest BCUT2D eigenvalue weighted by Crippen LogP contribution is 2.27. The van der Waals surface area contributed by atoms with Crippen molar-refractivity contribution in [2.75, 3.05) is 11.4 Å². The van der Waals surface area contributed by atoms with E-state index in [0.717, 1.165) is 48.8 Å². The van der Waals surface area contributed by atoms with Gasteiger partial charge in [0.1, 0.15) is 17.1 Å². The molecule has 116 valence electrons. The van der Waals surface area contributed by atoms with Crippen molar-refractivity contribution in [3.8, 4) is 11.6 Å². The fraction of sp³-hybridized carbons (Fsp3) is 0.278. The summed E-state index contributed by atoms with van der Waals surface area (Å²) in [4.78, 5) is 15.6. The van der Waals surface area contributed by atoms with Crippen LogP contribution in [0.3, 0.4) is 0 Å². The van der Waals surface area contributed by atoms with Gasteiger partial charge in [0.05, 0.1) is 18.4 Å². The number of aryl methyl sites for hydroxylation is 2. The van der Waals surface area contributed by atoms with Gasteiger partial charge in [-0.2, -0.15) is 0 Å². The van der Waals surface area contributed by atoms with E-state index in [4.69, 9.17) is 4.42 Å². The highest BCUT2D eigenvalue weighted by molar-refractivity contribution is 5.50. The van der Waals surface area contributed by atoms with E-state index >= 15 is 0 Å². The van der Waals surface area contributed by atoms with Crippen LogP contribution in [0.5, 0.6) is 0 Å². The molecule has 0 fully saturated rings. The number of fused-ring (bicyclic) bond motifs is 1. The summed E-state index contributed by atoms with van der Waals surface area (Å²) in [5, 5.41) is 0. The molecule has 0 saturated carbocycles. The summed E-state index contributed by atoms with van der Waals surface area (Å²) in [5.41, 5.74) is 4.09. The van der Waals surface area contributed by atoms with Crippen LogP contribution in [0, 0.1) is 6.92 Å². The lowest BCUT2D eigenvalue weighted by Crippen LogP contribution is -2.23. The molecular formula is C18H18N4O. The number of pyridine rings is 2. The molecule has 0 spiro atoms. The molecule has 0 radical (unpaired) electrons. The number of hydrogen-bond acceptors (Lipinski definition) is 5. The van der Waals surface area contributed by atoms with Crippen LogP contribution in [0.15, 0.2) is 47.3 Å². The molecule has 0 N–H and O–H groups in total. The fourth-order valence-electron chi connectivity index (χ4n) is 2.92. The van der Waals surface area contributed by atoms with Gasteiger partial charge in [-0.1, -0.05) is 6.07 Å². The van der Waals surface area contributed by atoms with Crippen LogP contribution in [0.1, 0.15) is 23.4 Å². The number of nitrogens with zero attached hydrogens (tertiary/aromatic N) is 4. The van der Waals surface area contributed by atoms with Gasteiger partial charge < -0.3 is 9.32 Å². The Hall–Kier alpha value is -2.69. The zero-order valence-corrected chi connectivity index (χ0v) is 13.1. The summed E-state index contributed by atoms with van der Waals surface area (Å²) in [6.45, 7) is 3.79. The molecule has 1 aliphatic heterocycles. The van der Waals surface area contributed by atoms with E-state index in [9.17, 15) is 0 Å². The zero-order valence-electron chi connectivity index (χ0n) is 13.1. The number of rotatable bonds is 2. The van der Waals surface area contributed by atoms with Crippen LogP contribution in [0.2, 0.25) is 0 Å². The zero-order chi connectivity index (χ0) is 15.6. The Morgan fingerprint density at radius 1 is 1.22 bits per heavy atom. The highest BCUT2D eigenvalue weighted by Gasteiger charge is 2.21. The lowest BCUT2D eigenvalue weighted by Gasteiger charge is -2.22. The second kappa shape index (κ2) is 5.83. The normalized spacial score (nSPS) is 14.4. The van der Waals surface area contributed by atoms with E-state index in [1.807, 2.05) is 30.6 Å². The van der Waals surface area contributed by atoms with E-state index in [0.29, 0.717) is 5.89 Å². The van der Waals surface area contributed by atoms with E-state index in [1.54, 1.807) is 6.20 Å². The summed E-state index contributed by atoms with van der Waals surface area (Å²) >= 11 is 0. The van der Waals surface area contributed by atoms with Crippen LogP contribution in [0.25, 0.3) is 11.6 Å². The molecule has 1 aliphatic rings. The molecule has 4 rings (SSSR count). The topological polar surface area (TPSA) is 55.1 Å². The van der Waals surface area contributed by atoms with E-state index in [1.165, 1.54) is 5.56 Å². The van der Waals surface area contributed by atoms with Gasteiger partial charge in [0.2, 0.25) is 5.89 Å². The fourth-order valence-corrected chi connectivity index (χ4v) is 2.92. The third kappa shape index (κ3) is 2.82. The van der Waals surface area contributed by atoms with Gasteiger partial charge in [0.25, 0.3) is 0 Å². The third-order valence-corrected chi connectivity index (χ3v) is 4.06. The Kier molecular flexibility index (Phi) is 3.54. The van der Waals surface area contributed by atoms with Crippen molar-refractivity contribution in [2.45, 2.75) is 26.3 Å². The lowest BCUT2D eigenvalue weighted by atomic mass is 10.2. The Labute approximate surface area is 135 Å². The van der Waals surface area contributed by atoms with Crippen molar-refractivity contribution in [3.05, 3.63) is 59.9 Å². The molecule has 0 bridgehead atoms. The molecule has 0 unspecified atom stereocenters. The van der Waals surface area contributed by atoms with Gasteiger partial charge in [-0.25, -0.2) is 4.98 Å². The van der Waals surface area contributed by atoms with Crippen molar-refractivity contribution >= 4 is 5.69 Å². The number of aromatic nitrogens is 3. The Balaban J connectivity index is 1.65. The maximum Gasteiger partial charge on any atom is 0.245 e.